The van der Waals surface area contributed by atoms with Crippen LogP contribution < -0.4 is 4.90 Å². The third-order valence-corrected chi connectivity index (χ3v) is 2.70. The van der Waals surface area contributed by atoms with Gasteiger partial charge in [-0.05, 0) is 6.07 Å². The van der Waals surface area contributed by atoms with E-state index in [-0.39, 0.29) is 24.7 Å². The summed E-state index contributed by atoms with van der Waals surface area (Å²) >= 11 is 0. The summed E-state index contributed by atoms with van der Waals surface area (Å²) in [5.41, 5.74) is 0.768. The van der Waals surface area contributed by atoms with Crippen molar-refractivity contribution in [1.82, 2.24) is 9.97 Å². The second kappa shape index (κ2) is 3.62. The van der Waals surface area contributed by atoms with Gasteiger partial charge in [0.1, 0.15) is 0 Å². The van der Waals surface area contributed by atoms with E-state index in [1.165, 1.54) is 4.90 Å². The molecule has 0 unspecified atom stereocenters. The monoisotopic (exact) mass is 227 g/mol. The molecule has 17 heavy (non-hydrogen) atoms. The van der Waals surface area contributed by atoms with E-state index < -0.39 is 0 Å². The quantitative estimate of drug-likeness (QED) is 0.680. The predicted molar refractivity (Wildman–Crippen MR) is 61.5 cm³/mol. The number of benzene rings is 1. The average Bonchev–Trinajstić information content (AvgIpc) is 2.68. The largest absolute Gasteiger partial charge is 0.297 e. The van der Waals surface area contributed by atoms with Crippen molar-refractivity contribution in [3.63, 3.8) is 0 Å². The number of hydrogen-bond donors (Lipinski definition) is 0. The third kappa shape index (κ3) is 1.65. The normalized spacial score (nSPS) is 15.9. The summed E-state index contributed by atoms with van der Waals surface area (Å²) in [7, 11) is 0. The van der Waals surface area contributed by atoms with E-state index in [2.05, 4.69) is 9.97 Å². The smallest absolute Gasteiger partial charge is 0.237 e. The highest BCUT2D eigenvalue weighted by atomic mass is 16.2. The Kier molecular flexibility index (Phi) is 2.11. The number of para-hydroxylation sites is 1. The molecule has 0 aliphatic carbocycles. The summed E-state index contributed by atoms with van der Waals surface area (Å²) < 4.78 is 0. The minimum absolute atomic E-state index is 0.0454. The molecule has 1 aromatic heterocycles. The summed E-state index contributed by atoms with van der Waals surface area (Å²) in [5.74, 6) is -0.0170. The van der Waals surface area contributed by atoms with Crippen LogP contribution in [0.25, 0.3) is 10.9 Å². The molecule has 0 atom stereocenters. The van der Waals surface area contributed by atoms with Crippen LogP contribution in [0.3, 0.4) is 0 Å². The molecule has 84 valence electrons. The first-order chi connectivity index (χ1) is 8.24. The lowest BCUT2D eigenvalue weighted by atomic mass is 10.2. The maximum absolute atomic E-state index is 11.5. The molecule has 0 N–H and O–H groups in total. The van der Waals surface area contributed by atoms with Crippen LogP contribution in [0.15, 0.2) is 30.5 Å². The zero-order valence-corrected chi connectivity index (χ0v) is 8.96. The number of carbonyl (C=O) groups excluding carboxylic acids is 2. The fourth-order valence-corrected chi connectivity index (χ4v) is 1.86. The maximum atomic E-state index is 11.5. The maximum Gasteiger partial charge on any atom is 0.237 e. The van der Waals surface area contributed by atoms with Crippen LogP contribution in [0.1, 0.15) is 6.42 Å². The highest BCUT2D eigenvalue weighted by Gasteiger charge is 2.30. The molecule has 1 saturated heterocycles. The number of Topliss-reactive ketones (excluding diaryl/α,β-unsaturated/α-hetero) is 1. The molecule has 3 rings (SSSR count). The Hall–Kier alpha value is -2.30. The number of carbonyl (C=O) groups is 2. The molecule has 5 nitrogen and oxygen atoms in total. The van der Waals surface area contributed by atoms with Gasteiger partial charge in [-0.2, -0.15) is 0 Å². The van der Waals surface area contributed by atoms with Crippen molar-refractivity contribution in [2.24, 2.45) is 0 Å². The number of rotatable bonds is 1. The van der Waals surface area contributed by atoms with Gasteiger partial charge in [-0.3, -0.25) is 14.5 Å². The van der Waals surface area contributed by atoms with Crippen molar-refractivity contribution < 1.29 is 9.59 Å². The Morgan fingerprint density at radius 2 is 2.00 bits per heavy atom. The van der Waals surface area contributed by atoms with Crippen molar-refractivity contribution in [2.75, 3.05) is 11.4 Å². The minimum Gasteiger partial charge on any atom is -0.297 e. The summed E-state index contributed by atoms with van der Waals surface area (Å²) in [4.78, 5) is 32.5. The van der Waals surface area contributed by atoms with Gasteiger partial charge in [-0.15, -0.1) is 0 Å². The van der Waals surface area contributed by atoms with E-state index in [1.807, 2.05) is 24.3 Å². The lowest BCUT2D eigenvalue weighted by Gasteiger charge is -2.12. The van der Waals surface area contributed by atoms with Crippen LogP contribution in [0, 0.1) is 0 Å². The van der Waals surface area contributed by atoms with Crippen LogP contribution in [0.2, 0.25) is 0 Å². The van der Waals surface area contributed by atoms with E-state index >= 15 is 0 Å². The number of nitrogens with zero attached hydrogens (tertiary/aromatic N) is 3. The van der Waals surface area contributed by atoms with Crippen LogP contribution in [-0.4, -0.2) is 28.2 Å². The topological polar surface area (TPSA) is 63.2 Å². The lowest BCUT2D eigenvalue weighted by Crippen LogP contribution is -2.26. The van der Waals surface area contributed by atoms with Crippen LogP contribution in [-0.2, 0) is 9.59 Å². The highest BCUT2D eigenvalue weighted by molar-refractivity contribution is 6.14. The fourth-order valence-electron chi connectivity index (χ4n) is 1.86. The second-order valence-corrected chi connectivity index (χ2v) is 3.92. The van der Waals surface area contributed by atoms with Gasteiger partial charge in [0.05, 0.1) is 18.5 Å². The number of amides is 1. The highest BCUT2D eigenvalue weighted by Crippen LogP contribution is 2.18. The van der Waals surface area contributed by atoms with Crippen LogP contribution in [0.5, 0.6) is 0 Å². The van der Waals surface area contributed by atoms with Gasteiger partial charge in [0.2, 0.25) is 11.9 Å². The molecule has 1 amide bonds. The van der Waals surface area contributed by atoms with E-state index in [0.717, 1.165) is 10.9 Å². The predicted octanol–water partition coefficient (Wildman–Crippen LogP) is 0.936. The molecule has 1 aliphatic heterocycles. The van der Waals surface area contributed by atoms with Crippen molar-refractivity contribution in [3.8, 4) is 0 Å². The minimum atomic E-state index is -0.231. The third-order valence-electron chi connectivity index (χ3n) is 2.70. The molecular formula is C12H9N3O2. The van der Waals surface area contributed by atoms with Crippen molar-refractivity contribution in [2.45, 2.75) is 6.42 Å². The molecule has 0 radical (unpaired) electrons. The van der Waals surface area contributed by atoms with Gasteiger partial charge >= 0.3 is 0 Å². The molecule has 0 spiro atoms. The Bertz CT molecular complexity index is 624. The fraction of sp³-hybridized carbons (Fsp3) is 0.167. The molecule has 5 heteroatoms. The molecule has 1 aliphatic rings. The van der Waals surface area contributed by atoms with Gasteiger partial charge in [0.25, 0.3) is 0 Å². The SMILES string of the molecule is O=C1CC(=O)N(c2ncc3ccccc3n2)C1. The van der Waals surface area contributed by atoms with Crippen molar-refractivity contribution in [3.05, 3.63) is 30.5 Å². The molecule has 0 saturated carbocycles. The molecular weight excluding hydrogens is 218 g/mol. The van der Waals surface area contributed by atoms with Crippen molar-refractivity contribution >= 4 is 28.5 Å². The van der Waals surface area contributed by atoms with E-state index in [0.29, 0.717) is 5.95 Å². The molecule has 1 aromatic carbocycles. The summed E-state index contributed by atoms with van der Waals surface area (Å²) in [6, 6.07) is 7.52. The Balaban J connectivity index is 2.06. The van der Waals surface area contributed by atoms with Crippen LogP contribution in [0.4, 0.5) is 5.95 Å². The molecule has 2 aromatic rings. The van der Waals surface area contributed by atoms with Gasteiger partial charge in [0.15, 0.2) is 5.78 Å². The zero-order chi connectivity index (χ0) is 11.8. The summed E-state index contributed by atoms with van der Waals surface area (Å²) in [6.45, 7) is 0.0805. The first kappa shape index (κ1) is 9.89. The first-order valence-corrected chi connectivity index (χ1v) is 5.28. The number of fused-ring (bicyclic) bond motifs is 1. The zero-order valence-electron chi connectivity index (χ0n) is 8.96. The Morgan fingerprint density at radius 1 is 1.18 bits per heavy atom. The lowest BCUT2D eigenvalue weighted by molar-refractivity contribution is -0.121. The molecule has 1 fully saturated rings. The standard InChI is InChI=1S/C12H9N3O2/c16-9-5-11(17)15(7-9)12-13-6-8-3-1-2-4-10(8)14-12/h1-4,6H,5,7H2. The molecule has 0 bridgehead atoms. The van der Waals surface area contributed by atoms with Gasteiger partial charge in [-0.25, -0.2) is 9.97 Å². The average molecular weight is 227 g/mol. The second-order valence-electron chi connectivity index (χ2n) is 3.92. The van der Waals surface area contributed by atoms with Crippen LogP contribution >= 0.6 is 0 Å². The number of anilines is 1. The Morgan fingerprint density at radius 3 is 2.76 bits per heavy atom. The molecule has 2 heterocycles. The van der Waals surface area contributed by atoms with Crippen molar-refractivity contribution in [1.29, 1.82) is 0 Å². The first-order valence-electron chi connectivity index (χ1n) is 5.28. The number of hydrogen-bond acceptors (Lipinski definition) is 4. The Labute approximate surface area is 97.1 Å². The summed E-state index contributed by atoms with van der Waals surface area (Å²) in [6.07, 6.45) is 1.62. The summed E-state index contributed by atoms with van der Waals surface area (Å²) in [5, 5.41) is 0.911. The number of ketones is 1. The van der Waals surface area contributed by atoms with Gasteiger partial charge < -0.3 is 0 Å². The van der Waals surface area contributed by atoms with E-state index in [1.54, 1.807) is 6.20 Å². The van der Waals surface area contributed by atoms with E-state index in [4.69, 9.17) is 0 Å². The van der Waals surface area contributed by atoms with Gasteiger partial charge in [0, 0.05) is 11.6 Å². The number of aromatic nitrogens is 2. The van der Waals surface area contributed by atoms with E-state index in [9.17, 15) is 9.59 Å². The van der Waals surface area contributed by atoms with Gasteiger partial charge in [-0.1, -0.05) is 18.2 Å².